The third-order valence-corrected chi connectivity index (χ3v) is 4.09. The Labute approximate surface area is 176 Å². The molecule has 1 N–H and O–H groups in total. The third kappa shape index (κ3) is 5.85. The average Bonchev–Trinajstić information content (AvgIpc) is 3.27. The van der Waals surface area contributed by atoms with Gasteiger partial charge >= 0.3 is 5.97 Å². The van der Waals surface area contributed by atoms with Crippen molar-refractivity contribution in [3.05, 3.63) is 76.4 Å². The number of hydrogen-bond acceptors (Lipinski definition) is 8. The zero-order valence-electron chi connectivity index (χ0n) is 16.6. The summed E-state index contributed by atoms with van der Waals surface area (Å²) in [6, 6.07) is 10.7. The fourth-order valence-corrected chi connectivity index (χ4v) is 2.67. The first-order valence-electron chi connectivity index (χ1n) is 9.26. The van der Waals surface area contributed by atoms with Gasteiger partial charge in [0.15, 0.2) is 6.61 Å². The van der Waals surface area contributed by atoms with E-state index in [1.807, 2.05) is 0 Å². The fraction of sp³-hybridized carbons (Fsp3) is 0.200. The zero-order chi connectivity index (χ0) is 22.2. The van der Waals surface area contributed by atoms with Gasteiger partial charge in [-0.25, -0.2) is 14.5 Å². The van der Waals surface area contributed by atoms with Crippen LogP contribution in [0.25, 0.3) is 0 Å². The molecule has 1 amide bonds. The molecule has 3 rings (SSSR count). The molecule has 0 aliphatic carbocycles. The average molecular weight is 425 g/mol. The highest BCUT2D eigenvalue weighted by atomic mass is 16.6. The summed E-state index contributed by atoms with van der Waals surface area (Å²) >= 11 is 0. The molecule has 0 saturated carbocycles. The lowest BCUT2D eigenvalue weighted by Crippen LogP contribution is -2.21. The second-order valence-corrected chi connectivity index (χ2v) is 6.28. The number of amides is 1. The van der Waals surface area contributed by atoms with Gasteiger partial charge in [-0.05, 0) is 36.8 Å². The molecule has 11 heteroatoms. The molecule has 0 radical (unpaired) electrons. The number of esters is 1. The van der Waals surface area contributed by atoms with E-state index >= 15 is 0 Å². The third-order valence-electron chi connectivity index (χ3n) is 4.09. The van der Waals surface area contributed by atoms with Crippen molar-refractivity contribution in [2.75, 3.05) is 18.5 Å². The van der Waals surface area contributed by atoms with E-state index in [2.05, 4.69) is 15.4 Å². The zero-order valence-corrected chi connectivity index (χ0v) is 16.6. The fourth-order valence-electron chi connectivity index (χ4n) is 2.67. The van der Waals surface area contributed by atoms with Gasteiger partial charge in [0.2, 0.25) is 0 Å². The number of aromatic nitrogens is 3. The van der Waals surface area contributed by atoms with E-state index in [1.165, 1.54) is 24.5 Å². The second-order valence-electron chi connectivity index (χ2n) is 6.28. The van der Waals surface area contributed by atoms with Gasteiger partial charge in [-0.1, -0.05) is 12.1 Å². The van der Waals surface area contributed by atoms with E-state index in [0.717, 1.165) is 5.56 Å². The summed E-state index contributed by atoms with van der Waals surface area (Å²) < 4.78 is 11.9. The molecule has 0 atom stereocenters. The van der Waals surface area contributed by atoms with Crippen molar-refractivity contribution < 1.29 is 24.0 Å². The topological polar surface area (TPSA) is 138 Å². The highest BCUT2D eigenvalue weighted by molar-refractivity contribution is 5.96. The number of carbonyl (C=O) groups excluding carboxylic acids is 2. The van der Waals surface area contributed by atoms with Crippen LogP contribution in [0.1, 0.15) is 22.8 Å². The molecule has 0 bridgehead atoms. The molecule has 0 spiro atoms. The van der Waals surface area contributed by atoms with Crippen LogP contribution < -0.4 is 10.1 Å². The lowest BCUT2D eigenvalue weighted by Gasteiger charge is -2.09. The number of nitrogens with one attached hydrogen (secondary N) is 1. The van der Waals surface area contributed by atoms with Crippen LogP contribution in [0.5, 0.6) is 5.75 Å². The molecular weight excluding hydrogens is 406 g/mol. The molecule has 1 aromatic heterocycles. The summed E-state index contributed by atoms with van der Waals surface area (Å²) in [5.41, 5.74) is 0.824. The van der Waals surface area contributed by atoms with Crippen LogP contribution in [0, 0.1) is 10.1 Å². The minimum Gasteiger partial charge on any atom is -0.494 e. The quantitative estimate of drug-likeness (QED) is 0.313. The maximum Gasteiger partial charge on any atom is 0.338 e. The molecule has 0 aliphatic rings. The predicted molar refractivity (Wildman–Crippen MR) is 109 cm³/mol. The number of nitro benzene ring substituents is 1. The number of anilines is 1. The van der Waals surface area contributed by atoms with Crippen LogP contribution in [-0.4, -0.2) is 44.8 Å². The van der Waals surface area contributed by atoms with Gasteiger partial charge in [-0.2, -0.15) is 5.10 Å². The van der Waals surface area contributed by atoms with Gasteiger partial charge in [0.05, 0.1) is 29.7 Å². The number of benzene rings is 2. The Bertz CT molecular complexity index is 1070. The number of nitrogens with zero attached hydrogens (tertiary/aromatic N) is 4. The Kier molecular flexibility index (Phi) is 6.89. The van der Waals surface area contributed by atoms with Crippen LogP contribution in [0.4, 0.5) is 11.4 Å². The van der Waals surface area contributed by atoms with Gasteiger partial charge in [-0.3, -0.25) is 14.9 Å². The summed E-state index contributed by atoms with van der Waals surface area (Å²) in [4.78, 5) is 38.7. The van der Waals surface area contributed by atoms with E-state index in [-0.39, 0.29) is 16.9 Å². The number of hydrogen-bond donors (Lipinski definition) is 1. The van der Waals surface area contributed by atoms with E-state index in [1.54, 1.807) is 42.2 Å². The van der Waals surface area contributed by atoms with Gasteiger partial charge in [-0.15, -0.1) is 0 Å². The summed E-state index contributed by atoms with van der Waals surface area (Å²) in [6.07, 6.45) is 3.01. The van der Waals surface area contributed by atoms with Gasteiger partial charge in [0.25, 0.3) is 11.6 Å². The van der Waals surface area contributed by atoms with E-state index in [9.17, 15) is 19.7 Å². The first-order valence-corrected chi connectivity index (χ1v) is 9.26. The molecule has 0 aliphatic heterocycles. The van der Waals surface area contributed by atoms with E-state index in [0.29, 0.717) is 18.9 Å². The molecule has 2 aromatic carbocycles. The first kappa shape index (κ1) is 21.4. The largest absolute Gasteiger partial charge is 0.494 e. The van der Waals surface area contributed by atoms with E-state index in [4.69, 9.17) is 9.47 Å². The van der Waals surface area contributed by atoms with Gasteiger partial charge in [0, 0.05) is 0 Å². The molecule has 1 heterocycles. The molecule has 3 aromatic rings. The van der Waals surface area contributed by atoms with Crippen molar-refractivity contribution in [3.63, 3.8) is 0 Å². The number of rotatable bonds is 9. The summed E-state index contributed by atoms with van der Waals surface area (Å²) in [5.74, 6) is -1.09. The maximum absolute atomic E-state index is 12.2. The van der Waals surface area contributed by atoms with Crippen LogP contribution in [0.15, 0.2) is 55.1 Å². The van der Waals surface area contributed by atoms with Crippen molar-refractivity contribution in [1.29, 1.82) is 0 Å². The van der Waals surface area contributed by atoms with Crippen molar-refractivity contribution in [3.8, 4) is 5.75 Å². The SMILES string of the molecule is CCOc1ccc(NC(=O)COC(=O)c2ccc(Cn3cncn3)cc2)c([N+](=O)[O-])c1. The summed E-state index contributed by atoms with van der Waals surface area (Å²) in [7, 11) is 0. The molecule has 31 heavy (non-hydrogen) atoms. The predicted octanol–water partition coefficient (Wildman–Crippen LogP) is 2.43. The summed E-state index contributed by atoms with van der Waals surface area (Å²) in [5, 5.41) is 17.6. The Morgan fingerprint density at radius 3 is 2.61 bits per heavy atom. The normalized spacial score (nSPS) is 10.4. The van der Waals surface area contributed by atoms with Crippen molar-refractivity contribution >= 4 is 23.3 Å². The van der Waals surface area contributed by atoms with Crippen LogP contribution in [0.2, 0.25) is 0 Å². The summed E-state index contributed by atoms with van der Waals surface area (Å²) in [6.45, 7) is 2.00. The molecule has 160 valence electrons. The molecule has 11 nitrogen and oxygen atoms in total. The molecular formula is C20H19N5O6. The minimum atomic E-state index is -0.705. The van der Waals surface area contributed by atoms with Gasteiger partial charge < -0.3 is 14.8 Å². The van der Waals surface area contributed by atoms with E-state index < -0.39 is 23.4 Å². The first-order chi connectivity index (χ1) is 15.0. The van der Waals surface area contributed by atoms with Crippen molar-refractivity contribution in [2.24, 2.45) is 0 Å². The molecule has 0 unspecified atom stereocenters. The Morgan fingerprint density at radius 1 is 1.19 bits per heavy atom. The lowest BCUT2D eigenvalue weighted by atomic mass is 10.1. The highest BCUT2D eigenvalue weighted by Gasteiger charge is 2.18. The number of carbonyl (C=O) groups is 2. The highest BCUT2D eigenvalue weighted by Crippen LogP contribution is 2.29. The Hall–Kier alpha value is -4.28. The number of ether oxygens (including phenoxy) is 2. The smallest absolute Gasteiger partial charge is 0.338 e. The van der Waals surface area contributed by atoms with Crippen molar-refractivity contribution in [2.45, 2.75) is 13.5 Å². The Balaban J connectivity index is 1.55. The molecule has 0 saturated heterocycles. The number of nitro groups is 1. The van der Waals surface area contributed by atoms with Crippen LogP contribution in [-0.2, 0) is 16.1 Å². The minimum absolute atomic E-state index is 0.0213. The molecule has 0 fully saturated rings. The Morgan fingerprint density at radius 2 is 1.97 bits per heavy atom. The second kappa shape index (κ2) is 9.96. The maximum atomic E-state index is 12.2. The van der Waals surface area contributed by atoms with Crippen LogP contribution >= 0.6 is 0 Å². The lowest BCUT2D eigenvalue weighted by molar-refractivity contribution is -0.384. The van der Waals surface area contributed by atoms with Crippen LogP contribution in [0.3, 0.4) is 0 Å². The van der Waals surface area contributed by atoms with Gasteiger partial charge in [0.1, 0.15) is 24.1 Å². The van der Waals surface area contributed by atoms with Crippen molar-refractivity contribution in [1.82, 2.24) is 14.8 Å². The standard InChI is InChI=1S/C20H19N5O6/c1-2-30-16-7-8-17(18(9-16)25(28)29)23-19(26)11-31-20(27)15-5-3-14(4-6-15)10-24-13-21-12-22-24/h3-9,12-13H,2,10-11H2,1H3,(H,23,26). The monoisotopic (exact) mass is 425 g/mol.